The Kier molecular flexibility index (Phi) is 4.75. The number of hydrogen-bond donors (Lipinski definition) is 2. The van der Waals surface area contributed by atoms with Gasteiger partial charge >= 0.3 is 0 Å². The Morgan fingerprint density at radius 1 is 1.32 bits per heavy atom. The second kappa shape index (κ2) is 7.86. The van der Waals surface area contributed by atoms with Gasteiger partial charge in [0.1, 0.15) is 23.1 Å². The lowest BCUT2D eigenvalue weighted by molar-refractivity contribution is 0.277. The number of aromatic nitrogens is 5. The summed E-state index contributed by atoms with van der Waals surface area (Å²) in [5, 5.41) is 24.3. The summed E-state index contributed by atoms with van der Waals surface area (Å²) < 4.78 is 11.5. The smallest absolute Gasteiger partial charge is 0.211 e. The number of aliphatic hydroxyl groups excluding tert-OH is 1. The zero-order valence-electron chi connectivity index (χ0n) is 16.6. The second-order valence-electron chi connectivity index (χ2n) is 6.71. The van der Waals surface area contributed by atoms with E-state index in [4.69, 9.17) is 14.5 Å². The first kappa shape index (κ1) is 18.7. The number of nitrogens with zero attached hydrogens (tertiary/aromatic N) is 7. The SMILES string of the molecule is COc1c(OCc2nn[nH]n2)ccc2c1N=C(/C=C(/O)c1cccnc1)N1CCN=C21. The highest BCUT2D eigenvalue weighted by molar-refractivity contribution is 6.20. The van der Waals surface area contributed by atoms with Gasteiger partial charge in [-0.05, 0) is 24.3 Å². The molecule has 4 heterocycles. The quantitative estimate of drug-likeness (QED) is 0.580. The lowest BCUT2D eigenvalue weighted by Crippen LogP contribution is -2.36. The number of hydrogen-bond acceptors (Lipinski definition) is 10. The maximum atomic E-state index is 10.6. The lowest BCUT2D eigenvalue weighted by atomic mass is 10.1. The number of amidine groups is 2. The molecule has 2 aliphatic heterocycles. The van der Waals surface area contributed by atoms with Crippen LogP contribution in [-0.4, -0.2) is 67.5 Å². The molecule has 5 rings (SSSR count). The molecule has 0 saturated carbocycles. The van der Waals surface area contributed by atoms with Crippen molar-refractivity contribution in [3.05, 3.63) is 59.7 Å². The monoisotopic (exact) mass is 418 g/mol. The minimum absolute atomic E-state index is 0.0602. The molecule has 11 nitrogen and oxygen atoms in total. The fourth-order valence-corrected chi connectivity index (χ4v) is 3.45. The third-order valence-corrected chi connectivity index (χ3v) is 4.85. The van der Waals surface area contributed by atoms with E-state index in [0.717, 1.165) is 11.4 Å². The number of nitrogens with one attached hydrogen (secondary N) is 1. The third-order valence-electron chi connectivity index (χ3n) is 4.85. The topological polar surface area (TPSA) is 134 Å². The molecule has 31 heavy (non-hydrogen) atoms. The van der Waals surface area contributed by atoms with Crippen LogP contribution in [0.25, 0.3) is 5.76 Å². The maximum Gasteiger partial charge on any atom is 0.211 e. The Labute approximate surface area is 176 Å². The van der Waals surface area contributed by atoms with Gasteiger partial charge in [-0.2, -0.15) is 5.21 Å². The van der Waals surface area contributed by atoms with E-state index in [-0.39, 0.29) is 12.4 Å². The van der Waals surface area contributed by atoms with Crippen molar-refractivity contribution in [3.8, 4) is 11.5 Å². The molecule has 0 radical (unpaired) electrons. The highest BCUT2D eigenvalue weighted by atomic mass is 16.5. The zero-order valence-corrected chi connectivity index (χ0v) is 16.6. The number of benzene rings is 1. The molecule has 0 amide bonds. The number of tetrazole rings is 1. The number of ether oxygens (including phenoxy) is 2. The lowest BCUT2D eigenvalue weighted by Gasteiger charge is -2.27. The Hall–Kier alpha value is -4.28. The van der Waals surface area contributed by atoms with Crippen molar-refractivity contribution in [2.75, 3.05) is 20.2 Å². The number of pyridine rings is 1. The van der Waals surface area contributed by atoms with Crippen molar-refractivity contribution in [2.24, 2.45) is 9.98 Å². The number of methoxy groups -OCH3 is 1. The molecule has 2 aromatic heterocycles. The van der Waals surface area contributed by atoms with Crippen LogP contribution in [0.1, 0.15) is 17.0 Å². The molecular formula is C20H18N8O3. The van der Waals surface area contributed by atoms with Crippen LogP contribution in [-0.2, 0) is 6.61 Å². The van der Waals surface area contributed by atoms with E-state index in [9.17, 15) is 5.11 Å². The highest BCUT2D eigenvalue weighted by Gasteiger charge is 2.32. The van der Waals surface area contributed by atoms with E-state index in [0.29, 0.717) is 47.5 Å². The molecule has 0 saturated heterocycles. The van der Waals surface area contributed by atoms with Crippen LogP contribution >= 0.6 is 0 Å². The van der Waals surface area contributed by atoms with E-state index in [1.54, 1.807) is 43.8 Å². The van der Waals surface area contributed by atoms with Gasteiger partial charge < -0.3 is 19.5 Å². The van der Waals surface area contributed by atoms with Crippen LogP contribution in [0, 0.1) is 0 Å². The molecule has 11 heteroatoms. The average Bonchev–Trinajstić information content (AvgIpc) is 3.50. The predicted molar refractivity (Wildman–Crippen MR) is 112 cm³/mol. The maximum absolute atomic E-state index is 10.6. The van der Waals surface area contributed by atoms with Gasteiger partial charge in [0.05, 0.1) is 13.7 Å². The number of aliphatic imine (C=N–C) groups is 2. The number of aromatic amines is 1. The summed E-state index contributed by atoms with van der Waals surface area (Å²) >= 11 is 0. The van der Waals surface area contributed by atoms with E-state index in [2.05, 4.69) is 30.6 Å². The van der Waals surface area contributed by atoms with Crippen molar-refractivity contribution in [1.82, 2.24) is 30.5 Å². The molecule has 0 unspecified atom stereocenters. The van der Waals surface area contributed by atoms with E-state index in [1.165, 1.54) is 0 Å². The van der Waals surface area contributed by atoms with E-state index < -0.39 is 0 Å². The summed E-state index contributed by atoms with van der Waals surface area (Å²) in [5.74, 6) is 2.75. The van der Waals surface area contributed by atoms with Gasteiger partial charge in [-0.3, -0.25) is 9.98 Å². The van der Waals surface area contributed by atoms with Crippen LogP contribution in [0.4, 0.5) is 5.69 Å². The van der Waals surface area contributed by atoms with Gasteiger partial charge in [0.2, 0.25) is 5.82 Å². The Bertz CT molecular complexity index is 1190. The summed E-state index contributed by atoms with van der Waals surface area (Å²) in [4.78, 5) is 15.4. The normalized spacial score (nSPS) is 15.1. The van der Waals surface area contributed by atoms with Gasteiger partial charge in [-0.1, -0.05) is 5.21 Å². The van der Waals surface area contributed by atoms with Crippen molar-refractivity contribution in [1.29, 1.82) is 0 Å². The number of rotatable bonds is 6. The zero-order chi connectivity index (χ0) is 21.2. The van der Waals surface area contributed by atoms with Gasteiger partial charge in [0.15, 0.2) is 18.1 Å². The van der Waals surface area contributed by atoms with Crippen LogP contribution in [0.3, 0.4) is 0 Å². The molecule has 0 fully saturated rings. The molecule has 3 aromatic rings. The van der Waals surface area contributed by atoms with Crippen LogP contribution in [0.2, 0.25) is 0 Å². The largest absolute Gasteiger partial charge is 0.507 e. The Morgan fingerprint density at radius 2 is 2.26 bits per heavy atom. The average molecular weight is 418 g/mol. The van der Waals surface area contributed by atoms with Gasteiger partial charge in [0, 0.05) is 36.1 Å². The summed E-state index contributed by atoms with van der Waals surface area (Å²) in [6.07, 6.45) is 4.84. The molecule has 0 spiro atoms. The van der Waals surface area contributed by atoms with Crippen molar-refractivity contribution >= 4 is 23.1 Å². The molecule has 2 aliphatic rings. The van der Waals surface area contributed by atoms with Crippen LogP contribution < -0.4 is 9.47 Å². The summed E-state index contributed by atoms with van der Waals surface area (Å²) in [7, 11) is 1.55. The predicted octanol–water partition coefficient (Wildman–Crippen LogP) is 1.89. The number of H-pyrrole nitrogens is 1. The van der Waals surface area contributed by atoms with Gasteiger partial charge in [0.25, 0.3) is 0 Å². The first-order valence-corrected chi connectivity index (χ1v) is 9.53. The summed E-state index contributed by atoms with van der Waals surface area (Å²) in [5.41, 5.74) is 2.01. The first-order chi connectivity index (χ1) is 15.2. The molecule has 0 aliphatic carbocycles. The molecule has 156 valence electrons. The Morgan fingerprint density at radius 3 is 3.03 bits per heavy atom. The highest BCUT2D eigenvalue weighted by Crippen LogP contribution is 2.43. The minimum Gasteiger partial charge on any atom is -0.507 e. The van der Waals surface area contributed by atoms with Crippen molar-refractivity contribution in [2.45, 2.75) is 6.61 Å². The minimum atomic E-state index is 0.0602. The standard InChI is InChI=1S/C20H18N8O3/c1-30-19-15(31-11-16-24-26-27-25-16)5-4-13-18(19)23-17(28-8-7-22-20(13)28)9-14(29)12-3-2-6-21-10-12/h2-6,9-10,29H,7-8,11H2,1H3,(H,24,25,26,27)/b14-9+. The summed E-state index contributed by atoms with van der Waals surface area (Å²) in [6.45, 7) is 1.42. The van der Waals surface area contributed by atoms with E-state index >= 15 is 0 Å². The fraction of sp³-hybridized carbons (Fsp3) is 0.200. The molecule has 0 atom stereocenters. The fourth-order valence-electron chi connectivity index (χ4n) is 3.45. The third kappa shape index (κ3) is 3.45. The van der Waals surface area contributed by atoms with Gasteiger partial charge in [-0.25, -0.2) is 4.99 Å². The van der Waals surface area contributed by atoms with Crippen molar-refractivity contribution in [3.63, 3.8) is 0 Å². The van der Waals surface area contributed by atoms with Crippen molar-refractivity contribution < 1.29 is 14.6 Å². The second-order valence-corrected chi connectivity index (χ2v) is 6.71. The molecule has 1 aromatic carbocycles. The number of fused-ring (bicyclic) bond motifs is 3. The Balaban J connectivity index is 1.56. The van der Waals surface area contributed by atoms with Crippen LogP contribution in [0.5, 0.6) is 11.5 Å². The molecular weight excluding hydrogens is 400 g/mol. The van der Waals surface area contributed by atoms with E-state index in [1.807, 2.05) is 11.0 Å². The summed E-state index contributed by atoms with van der Waals surface area (Å²) in [6, 6.07) is 7.24. The number of aliphatic hydroxyl groups is 1. The van der Waals surface area contributed by atoms with Gasteiger partial charge in [-0.15, -0.1) is 10.2 Å². The molecule has 0 bridgehead atoms. The van der Waals surface area contributed by atoms with Crippen LogP contribution in [0.15, 0.2) is 52.7 Å². The molecule has 2 N–H and O–H groups in total. The first-order valence-electron chi connectivity index (χ1n) is 9.53.